The third kappa shape index (κ3) is 79.9. The average Bonchev–Trinajstić information content (AvgIpc) is 0.866. The molecule has 2 amide bonds. The zero-order valence-corrected chi connectivity index (χ0v) is 87.6. The fourth-order valence-corrected chi connectivity index (χ4v) is 14.4. The van der Waals surface area contributed by atoms with Crippen LogP contribution in [0.25, 0.3) is 0 Å². The van der Waals surface area contributed by atoms with Gasteiger partial charge in [-0.15, -0.1) is 0 Å². The Morgan fingerprint density at radius 1 is 0.292 bits per heavy atom. The number of carbonyl (C=O) groups excluding carboxylic acids is 8. The summed E-state index contributed by atoms with van der Waals surface area (Å²) < 4.78 is 49.0. The van der Waals surface area contributed by atoms with Gasteiger partial charge < -0.3 is 48.5 Å². The van der Waals surface area contributed by atoms with E-state index in [1.165, 1.54) is 178 Å². The molecule has 0 spiro atoms. The van der Waals surface area contributed by atoms with Crippen molar-refractivity contribution in [2.24, 2.45) is 58.2 Å². The van der Waals surface area contributed by atoms with E-state index in [2.05, 4.69) is 146 Å². The van der Waals surface area contributed by atoms with Crippen molar-refractivity contribution in [1.82, 2.24) is 10.6 Å². The maximum absolute atomic E-state index is 12.0. The van der Waals surface area contributed by atoms with Gasteiger partial charge in [0.1, 0.15) is 0 Å². The van der Waals surface area contributed by atoms with Crippen LogP contribution in [0.5, 0.6) is 0 Å². The molecule has 0 saturated carbocycles. The maximum atomic E-state index is 12.0. The van der Waals surface area contributed by atoms with Crippen LogP contribution in [0, 0.1) is 58.2 Å². The summed E-state index contributed by atoms with van der Waals surface area (Å²) in [5.74, 6) is 2.89. The van der Waals surface area contributed by atoms with E-state index in [0.29, 0.717) is 162 Å². The number of ether oxygens (including phenoxy) is 8. The molecule has 12 unspecified atom stereocenters. The van der Waals surface area contributed by atoms with Crippen LogP contribution in [-0.2, 0) is 76.3 Å². The Morgan fingerprint density at radius 2 is 0.531 bits per heavy atom. The van der Waals surface area contributed by atoms with Gasteiger partial charge in [0.2, 0.25) is 11.8 Å². The summed E-state index contributed by atoms with van der Waals surface area (Å²) in [7, 11) is 0. The minimum Gasteiger partial charge on any atom is -0.381 e. The van der Waals surface area contributed by atoms with Crippen LogP contribution in [0.2, 0.25) is 0 Å². The van der Waals surface area contributed by atoms with E-state index in [4.69, 9.17) is 37.9 Å². The second-order valence-electron chi connectivity index (χ2n) is 39.4. The topological polar surface area (TPSA) is 234 Å². The first kappa shape index (κ1) is 131. The van der Waals surface area contributed by atoms with Gasteiger partial charge in [-0.1, -0.05) is 290 Å². The Bertz CT molecular complexity index is 2810. The molecule has 2 N–H and O–H groups in total. The second kappa shape index (κ2) is 86.4. The lowest BCUT2D eigenvalue weighted by Crippen LogP contribution is -2.34. The molecule has 0 radical (unpaired) electrons. The maximum Gasteiger partial charge on any atom is 0.246 e. The first-order valence-corrected chi connectivity index (χ1v) is 51.4. The molecule has 18 heteroatoms. The van der Waals surface area contributed by atoms with Crippen molar-refractivity contribution in [3.8, 4) is 0 Å². The highest BCUT2D eigenvalue weighted by molar-refractivity contribution is 5.95. The highest BCUT2D eigenvalue weighted by Crippen LogP contribution is 2.36. The van der Waals surface area contributed by atoms with Gasteiger partial charge in [0.15, 0.2) is 34.7 Å². The summed E-state index contributed by atoms with van der Waals surface area (Å²) in [5.41, 5.74) is 2.45. The van der Waals surface area contributed by atoms with Gasteiger partial charge >= 0.3 is 0 Å². The molecular formula is C112H202N2O16. The number of unbranched alkanes of at least 4 members (excludes halogenated alkanes) is 20. The summed E-state index contributed by atoms with van der Waals surface area (Å²) in [6.07, 6.45) is 49.2. The number of rotatable bonds is 88. The average molecular weight is 1830 g/mol. The molecule has 0 bridgehead atoms. The van der Waals surface area contributed by atoms with Crippen LogP contribution in [0.1, 0.15) is 395 Å². The Labute approximate surface area is 798 Å². The number of hydrogen-bond acceptors (Lipinski definition) is 16. The SMILES string of the molecule is C=C(C)C(=O)CCC(C)COC(C)C(C)COC(C)CNC(=O)C(=C)C.C=C(C)C(=O)CCC(C)COCC(CCCCCCCC)(CCCCCCCC)COCC(C)CCC(=O)C(=C)C.C=CC(=O)CCC(C)COC(C)C(C)COC(C)CNC(=O)C=C.C=CC(=O)CCC(C)COCC(CCCCCCCC)(CCCCCCCC)COCC(C)CCC(=O)C=C. The summed E-state index contributed by atoms with van der Waals surface area (Å²) in [4.78, 5) is 92.7. The second-order valence-corrected chi connectivity index (χ2v) is 39.4. The third-order valence-electron chi connectivity index (χ3n) is 24.7. The smallest absolute Gasteiger partial charge is 0.246 e. The molecule has 130 heavy (non-hydrogen) atoms. The number of amides is 2. The summed E-state index contributed by atoms with van der Waals surface area (Å²) in [6.45, 7) is 78.8. The molecule has 18 nitrogen and oxygen atoms in total. The standard InChI is InChI=1S/C37H68O4.C35H64O4.C21H37NO4.C19H33NO4/c1-9-11-13-15-17-19-25-37(26-20-18-16-14-12-10-2,29-40-27-33(7)21-23-35(38)31(3)4)30-41-28-34(8)22-24-36(39)32(5)6;1-7-11-13-15-17-19-25-35(26-20-18-16-14-12-8-2,29-38-27-31(5)21-23-33(36)9-3)30-39-28-32(6)22-24-34(37)10-4;1-14(2)20(23)10-9-16(5)12-26-19(8)17(6)13-25-18(7)11-22-21(24)15(3)4;1-7-18(21)10-9-14(3)12-24-17(6)15(4)13-23-16(5)11-20-19(22)8-2/h33-34H,3,5,9-30H2,1-2,4,6-8H3;9-10,31-32H,3-4,7-8,11-30H2,1-2,5-6H3;16-19H,1,3,9-13H2,2,4-8H3,(H,22,24);7-8,14-17H,1-2,9-13H2,3-6H3,(H,20,22). The molecule has 0 aromatic heterocycles. The largest absolute Gasteiger partial charge is 0.381 e. The molecular weight excluding hydrogens is 1630 g/mol. The fourth-order valence-electron chi connectivity index (χ4n) is 14.4. The highest BCUT2D eigenvalue weighted by Gasteiger charge is 2.33. The Hall–Kier alpha value is -5.44. The monoisotopic (exact) mass is 1830 g/mol. The number of allylic oxidation sites excluding steroid dienone is 6. The van der Waals surface area contributed by atoms with Gasteiger partial charge in [-0.2, -0.15) is 0 Å². The van der Waals surface area contributed by atoms with E-state index >= 15 is 0 Å². The van der Waals surface area contributed by atoms with Gasteiger partial charge in [0, 0.05) is 119 Å². The van der Waals surface area contributed by atoms with Gasteiger partial charge in [-0.3, -0.25) is 38.4 Å². The minimum absolute atomic E-state index is 0.0238. The lowest BCUT2D eigenvalue weighted by atomic mass is 9.79. The summed E-state index contributed by atoms with van der Waals surface area (Å²) in [5, 5.41) is 5.48. The molecule has 0 aliphatic heterocycles. The molecule has 0 saturated heterocycles. The van der Waals surface area contributed by atoms with E-state index in [9.17, 15) is 38.4 Å². The van der Waals surface area contributed by atoms with Crippen LogP contribution in [0.15, 0.2) is 99.2 Å². The van der Waals surface area contributed by atoms with Crippen molar-refractivity contribution in [3.05, 3.63) is 99.2 Å². The molecule has 756 valence electrons. The Kier molecular flexibility index (Phi) is 87.0. The molecule has 0 rings (SSSR count). The van der Waals surface area contributed by atoms with Gasteiger partial charge in [-0.05, 0) is 196 Å². The molecule has 0 aliphatic carbocycles. The van der Waals surface area contributed by atoms with Crippen molar-refractivity contribution in [2.45, 2.75) is 420 Å². The van der Waals surface area contributed by atoms with Crippen molar-refractivity contribution >= 4 is 46.5 Å². The number of nitrogens with one attached hydrogen (secondary N) is 2. The number of carbonyl (C=O) groups is 8. The van der Waals surface area contributed by atoms with Crippen LogP contribution in [-0.4, -0.2) is 163 Å². The van der Waals surface area contributed by atoms with Crippen molar-refractivity contribution in [2.75, 3.05) is 92.4 Å². The zero-order chi connectivity index (χ0) is 98.9. The summed E-state index contributed by atoms with van der Waals surface area (Å²) in [6, 6.07) is 0. The quantitative estimate of drug-likeness (QED) is 0.0425. The van der Waals surface area contributed by atoms with E-state index in [1.807, 2.05) is 27.7 Å². The van der Waals surface area contributed by atoms with E-state index in [0.717, 1.165) is 90.6 Å². The Morgan fingerprint density at radius 3 is 0.769 bits per heavy atom. The first-order valence-electron chi connectivity index (χ1n) is 51.4. The number of Topliss-reactive ketones (excluding diaryl/α,β-unsaturated/α-hetero) is 3. The van der Waals surface area contributed by atoms with Crippen LogP contribution in [0.3, 0.4) is 0 Å². The van der Waals surface area contributed by atoms with E-state index < -0.39 is 0 Å². The molecule has 0 heterocycles. The molecule has 0 fully saturated rings. The first-order chi connectivity index (χ1) is 61.7. The number of hydrogen-bond donors (Lipinski definition) is 2. The summed E-state index contributed by atoms with van der Waals surface area (Å²) >= 11 is 0. The van der Waals surface area contributed by atoms with Crippen molar-refractivity contribution in [3.63, 3.8) is 0 Å². The molecule has 0 aliphatic rings. The lowest BCUT2D eigenvalue weighted by Gasteiger charge is -2.35. The van der Waals surface area contributed by atoms with Crippen LogP contribution in [0.4, 0.5) is 0 Å². The predicted octanol–water partition coefficient (Wildman–Crippen LogP) is 27.1. The third-order valence-corrected chi connectivity index (χ3v) is 24.7. The van der Waals surface area contributed by atoms with Crippen LogP contribution < -0.4 is 10.6 Å². The Balaban J connectivity index is -0.000000834. The van der Waals surface area contributed by atoms with Gasteiger partial charge in [0.25, 0.3) is 0 Å². The van der Waals surface area contributed by atoms with E-state index in [-0.39, 0.29) is 93.6 Å². The van der Waals surface area contributed by atoms with Gasteiger partial charge in [0.05, 0.1) is 64.1 Å². The molecule has 12 atom stereocenters. The lowest BCUT2D eigenvalue weighted by molar-refractivity contribution is -0.118. The van der Waals surface area contributed by atoms with Crippen LogP contribution >= 0.6 is 0 Å². The normalized spacial score (nSPS) is 14.2. The predicted molar refractivity (Wildman–Crippen MR) is 547 cm³/mol. The number of ketones is 6. The zero-order valence-electron chi connectivity index (χ0n) is 87.6. The van der Waals surface area contributed by atoms with Crippen molar-refractivity contribution in [1.29, 1.82) is 0 Å². The molecule has 0 aromatic carbocycles. The fraction of sp³-hybridized carbons (Fsp3) is 0.786. The van der Waals surface area contributed by atoms with E-state index in [1.54, 1.807) is 27.7 Å². The highest BCUT2D eigenvalue weighted by atomic mass is 16.5. The van der Waals surface area contributed by atoms with Gasteiger partial charge in [-0.25, -0.2) is 0 Å². The minimum atomic E-state index is -0.195. The molecule has 0 aromatic rings. The van der Waals surface area contributed by atoms with Crippen molar-refractivity contribution < 1.29 is 76.3 Å².